The highest BCUT2D eigenvalue weighted by Crippen LogP contribution is 2.43. The molecule has 0 saturated heterocycles. The number of amides is 2. The highest BCUT2D eigenvalue weighted by molar-refractivity contribution is 5.92. The lowest BCUT2D eigenvalue weighted by atomic mass is 9.98. The first-order valence-corrected chi connectivity index (χ1v) is 14.8. The van der Waals surface area contributed by atoms with E-state index in [0.29, 0.717) is 34.9 Å². The van der Waals surface area contributed by atoms with Crippen LogP contribution in [0.4, 0.5) is 31.1 Å². The molecule has 1 aromatic heterocycles. The fourth-order valence-electron chi connectivity index (χ4n) is 4.71. The molecular weight excluding hydrogens is 634 g/mol. The van der Waals surface area contributed by atoms with Crippen LogP contribution in [0.25, 0.3) is 11.4 Å². The average Bonchev–Trinajstić information content (AvgIpc) is 3.44. The Morgan fingerprint density at radius 3 is 1.98 bits per heavy atom. The largest absolute Gasteiger partial charge is 0.445 e. The summed E-state index contributed by atoms with van der Waals surface area (Å²) in [6.07, 6.45) is -10.6. The number of rotatable bonds is 14. The second-order valence-electron chi connectivity index (χ2n) is 11.8. The number of aromatic nitrogens is 4. The number of hydrogen-bond donors (Lipinski definition) is 2. The second-order valence-corrected chi connectivity index (χ2v) is 11.8. The second kappa shape index (κ2) is 15.9. The van der Waals surface area contributed by atoms with E-state index in [1.807, 2.05) is 27.7 Å². The standard InChI is InChI=1S/C31H36F6N6O4/c1-18(2)13-14-23(38-28(45)24(15-19(3)4)39-29(46)47-17-20-9-6-5-7-10-20)25(44)16-43-27(40-41-42-43)26-21(30(32,33)34)11-8-12-22(26)31(35,36)37/h5-12,18-19,23-24H,13-17H2,1-4H3,(H,38,45)(H,39,46)/t23-,24-/m0/s1. The molecule has 0 radical (unpaired) electrons. The van der Waals surface area contributed by atoms with E-state index in [2.05, 4.69) is 26.2 Å². The predicted molar refractivity (Wildman–Crippen MR) is 157 cm³/mol. The number of alkyl carbamates (subject to hydrolysis) is 1. The van der Waals surface area contributed by atoms with Crippen molar-refractivity contribution in [1.82, 2.24) is 30.8 Å². The number of hydrogen-bond acceptors (Lipinski definition) is 7. The van der Waals surface area contributed by atoms with Crippen LogP contribution >= 0.6 is 0 Å². The first-order valence-electron chi connectivity index (χ1n) is 14.8. The summed E-state index contributed by atoms with van der Waals surface area (Å²) < 4.78 is 88.8. The lowest BCUT2D eigenvalue weighted by molar-refractivity contribution is -0.142. The molecule has 0 aliphatic carbocycles. The Hall–Kier alpha value is -4.50. The van der Waals surface area contributed by atoms with Crippen LogP contribution in [0.2, 0.25) is 0 Å². The van der Waals surface area contributed by atoms with Gasteiger partial charge in [0.15, 0.2) is 11.6 Å². The van der Waals surface area contributed by atoms with Crippen LogP contribution in [0.3, 0.4) is 0 Å². The molecule has 256 valence electrons. The van der Waals surface area contributed by atoms with Gasteiger partial charge < -0.3 is 15.4 Å². The van der Waals surface area contributed by atoms with Crippen LogP contribution in [-0.4, -0.2) is 50.1 Å². The van der Waals surface area contributed by atoms with E-state index in [1.54, 1.807) is 30.3 Å². The van der Waals surface area contributed by atoms with Crippen molar-refractivity contribution in [2.24, 2.45) is 11.8 Å². The zero-order valence-corrected chi connectivity index (χ0v) is 26.2. The van der Waals surface area contributed by atoms with Gasteiger partial charge in [0.25, 0.3) is 0 Å². The minimum absolute atomic E-state index is 0.0556. The van der Waals surface area contributed by atoms with Crippen molar-refractivity contribution in [3.05, 3.63) is 65.2 Å². The summed E-state index contributed by atoms with van der Waals surface area (Å²) in [5.41, 5.74) is -3.89. The Kier molecular flexibility index (Phi) is 12.5. The minimum Gasteiger partial charge on any atom is -0.445 e. The first-order chi connectivity index (χ1) is 22.0. The molecule has 1 heterocycles. The number of alkyl halides is 6. The molecule has 0 aliphatic heterocycles. The van der Waals surface area contributed by atoms with Gasteiger partial charge in [-0.25, -0.2) is 9.48 Å². The smallest absolute Gasteiger partial charge is 0.417 e. The van der Waals surface area contributed by atoms with Gasteiger partial charge in [0.2, 0.25) is 5.91 Å². The number of nitrogens with zero attached hydrogens (tertiary/aromatic N) is 4. The topological polar surface area (TPSA) is 128 Å². The van der Waals surface area contributed by atoms with Crippen molar-refractivity contribution >= 4 is 17.8 Å². The Labute approximate surface area is 267 Å². The molecule has 2 amide bonds. The number of tetrazole rings is 1. The molecule has 16 heteroatoms. The maximum Gasteiger partial charge on any atom is 0.417 e. The fourth-order valence-corrected chi connectivity index (χ4v) is 4.71. The van der Waals surface area contributed by atoms with Crippen molar-refractivity contribution in [3.8, 4) is 11.4 Å². The number of ether oxygens (including phenoxy) is 1. The van der Waals surface area contributed by atoms with E-state index in [0.717, 1.165) is 0 Å². The quantitative estimate of drug-likeness (QED) is 0.195. The summed E-state index contributed by atoms with van der Waals surface area (Å²) in [6.45, 7) is 6.44. The van der Waals surface area contributed by atoms with Crippen molar-refractivity contribution in [2.75, 3.05) is 0 Å². The molecule has 47 heavy (non-hydrogen) atoms. The van der Waals surface area contributed by atoms with Gasteiger partial charge in [0, 0.05) is 5.56 Å². The summed E-state index contributed by atoms with van der Waals surface area (Å²) >= 11 is 0. The summed E-state index contributed by atoms with van der Waals surface area (Å²) in [5, 5.41) is 15.3. The molecule has 0 unspecified atom stereocenters. The molecule has 3 rings (SSSR count). The van der Waals surface area contributed by atoms with E-state index >= 15 is 0 Å². The third-order valence-corrected chi connectivity index (χ3v) is 7.00. The van der Waals surface area contributed by atoms with Crippen LogP contribution in [0.5, 0.6) is 0 Å². The van der Waals surface area contributed by atoms with Gasteiger partial charge >= 0.3 is 18.4 Å². The van der Waals surface area contributed by atoms with Crippen LogP contribution in [0.1, 0.15) is 63.6 Å². The highest BCUT2D eigenvalue weighted by atomic mass is 19.4. The summed E-state index contributed by atoms with van der Waals surface area (Å²) in [6, 6.07) is 8.01. The minimum atomic E-state index is -5.20. The molecule has 2 atom stereocenters. The van der Waals surface area contributed by atoms with Gasteiger partial charge in [-0.2, -0.15) is 26.3 Å². The average molecular weight is 671 g/mol. The number of carbonyl (C=O) groups excluding carboxylic acids is 3. The zero-order chi connectivity index (χ0) is 34.9. The maximum atomic E-state index is 13.8. The normalized spacial score (nSPS) is 13.4. The van der Waals surface area contributed by atoms with E-state index < -0.39 is 71.3 Å². The molecule has 0 aliphatic rings. The van der Waals surface area contributed by atoms with Crippen LogP contribution < -0.4 is 10.6 Å². The lowest BCUT2D eigenvalue weighted by Gasteiger charge is -2.24. The third kappa shape index (κ3) is 10.8. The number of ketones is 1. The summed E-state index contributed by atoms with van der Waals surface area (Å²) in [7, 11) is 0. The highest BCUT2D eigenvalue weighted by Gasteiger charge is 2.43. The number of carbonyl (C=O) groups is 3. The van der Waals surface area contributed by atoms with Gasteiger partial charge in [-0.05, 0) is 59.2 Å². The van der Waals surface area contributed by atoms with Crippen LogP contribution in [0, 0.1) is 11.8 Å². The van der Waals surface area contributed by atoms with Gasteiger partial charge in [-0.3, -0.25) is 9.59 Å². The Morgan fingerprint density at radius 1 is 0.809 bits per heavy atom. The fraction of sp³-hybridized carbons (Fsp3) is 0.484. The summed E-state index contributed by atoms with van der Waals surface area (Å²) in [5.74, 6) is -2.44. The Balaban J connectivity index is 1.86. The van der Waals surface area contributed by atoms with E-state index in [9.17, 15) is 40.7 Å². The number of Topliss-reactive ketones (excluding diaryl/α,β-unsaturated/α-hetero) is 1. The number of nitrogens with one attached hydrogen (secondary N) is 2. The molecule has 0 fully saturated rings. The van der Waals surface area contributed by atoms with Gasteiger partial charge in [-0.15, -0.1) is 5.10 Å². The SMILES string of the molecule is CC(C)CC[C@H](NC(=O)[C@H](CC(C)C)NC(=O)OCc1ccccc1)C(=O)Cn1nnnc1-c1c(C(F)(F)F)cccc1C(F)(F)F. The molecule has 3 aromatic rings. The summed E-state index contributed by atoms with van der Waals surface area (Å²) in [4.78, 5) is 39.5. The van der Waals surface area contributed by atoms with Gasteiger partial charge in [-0.1, -0.05) is 64.1 Å². The van der Waals surface area contributed by atoms with Crippen molar-refractivity contribution in [2.45, 2.75) is 84.5 Å². The van der Waals surface area contributed by atoms with E-state index in [-0.39, 0.29) is 31.3 Å². The Bertz CT molecular complexity index is 1480. The molecule has 0 spiro atoms. The molecule has 2 N–H and O–H groups in total. The third-order valence-electron chi connectivity index (χ3n) is 7.00. The number of halogens is 6. The molecule has 0 saturated carbocycles. The van der Waals surface area contributed by atoms with E-state index in [4.69, 9.17) is 4.74 Å². The van der Waals surface area contributed by atoms with Gasteiger partial charge in [0.05, 0.1) is 17.2 Å². The van der Waals surface area contributed by atoms with Crippen molar-refractivity contribution < 1.29 is 45.5 Å². The Morgan fingerprint density at radius 2 is 1.43 bits per heavy atom. The zero-order valence-electron chi connectivity index (χ0n) is 26.2. The first kappa shape index (κ1) is 37.0. The van der Waals surface area contributed by atoms with Crippen LogP contribution in [0.15, 0.2) is 48.5 Å². The van der Waals surface area contributed by atoms with E-state index in [1.165, 1.54) is 0 Å². The molecule has 10 nitrogen and oxygen atoms in total. The number of benzene rings is 2. The predicted octanol–water partition coefficient (Wildman–Crippen LogP) is 6.21. The van der Waals surface area contributed by atoms with Crippen molar-refractivity contribution in [1.29, 1.82) is 0 Å². The maximum absolute atomic E-state index is 13.8. The molecule has 2 aromatic carbocycles. The molecular formula is C31H36F6N6O4. The van der Waals surface area contributed by atoms with Crippen molar-refractivity contribution in [3.63, 3.8) is 0 Å². The van der Waals surface area contributed by atoms with Crippen LogP contribution in [-0.2, 0) is 39.8 Å². The van der Waals surface area contributed by atoms with Gasteiger partial charge in [0.1, 0.15) is 19.2 Å². The lowest BCUT2D eigenvalue weighted by Crippen LogP contribution is -2.52. The monoisotopic (exact) mass is 670 g/mol. The molecule has 0 bridgehead atoms.